The molecule has 0 saturated heterocycles. The Morgan fingerprint density at radius 3 is 2.62 bits per heavy atom. The Balaban J connectivity index is 1.62. The van der Waals surface area contributed by atoms with E-state index in [2.05, 4.69) is 5.32 Å². The number of nitrogens with one attached hydrogen (secondary N) is 1. The fourth-order valence-electron chi connectivity index (χ4n) is 2.53. The standard InChI is InChI=1S/C19H19NO4/c1-23-16-4-2-3-15-11-17(24-18(15)16)19(22)20-10-9-13-5-7-14(12-21)8-6-13/h2-8,11,21H,9-10,12H2,1H3,(H,20,22). The van der Waals surface area contributed by atoms with Gasteiger partial charge in [0, 0.05) is 11.9 Å². The van der Waals surface area contributed by atoms with Gasteiger partial charge in [-0.3, -0.25) is 4.79 Å². The van der Waals surface area contributed by atoms with Crippen LogP contribution >= 0.6 is 0 Å². The van der Waals surface area contributed by atoms with Crippen molar-refractivity contribution in [3.63, 3.8) is 0 Å². The summed E-state index contributed by atoms with van der Waals surface area (Å²) in [7, 11) is 1.57. The summed E-state index contributed by atoms with van der Waals surface area (Å²) >= 11 is 0. The van der Waals surface area contributed by atoms with E-state index in [0.29, 0.717) is 24.3 Å². The van der Waals surface area contributed by atoms with Crippen molar-refractivity contribution in [1.82, 2.24) is 5.32 Å². The molecule has 5 heteroatoms. The zero-order valence-corrected chi connectivity index (χ0v) is 13.4. The maximum absolute atomic E-state index is 12.2. The Bertz CT molecular complexity index is 836. The molecule has 0 radical (unpaired) electrons. The molecule has 0 spiro atoms. The van der Waals surface area contributed by atoms with Crippen molar-refractivity contribution in [3.8, 4) is 5.75 Å². The number of carbonyl (C=O) groups is 1. The van der Waals surface area contributed by atoms with Crippen LogP contribution in [-0.2, 0) is 13.0 Å². The number of rotatable bonds is 6. The Morgan fingerprint density at radius 2 is 1.92 bits per heavy atom. The third-order valence-corrected chi connectivity index (χ3v) is 3.86. The number of hydrogen-bond acceptors (Lipinski definition) is 4. The second kappa shape index (κ2) is 7.19. The molecular formula is C19H19NO4. The molecule has 1 aromatic heterocycles. The molecular weight excluding hydrogens is 306 g/mol. The van der Waals surface area contributed by atoms with Crippen LogP contribution in [0.4, 0.5) is 0 Å². The minimum Gasteiger partial charge on any atom is -0.493 e. The molecule has 1 heterocycles. The average molecular weight is 325 g/mol. The molecule has 0 aliphatic carbocycles. The number of carbonyl (C=O) groups excluding carboxylic acids is 1. The van der Waals surface area contributed by atoms with Crippen molar-refractivity contribution in [3.05, 3.63) is 65.4 Å². The van der Waals surface area contributed by atoms with E-state index in [9.17, 15) is 4.79 Å². The summed E-state index contributed by atoms with van der Waals surface area (Å²) in [5.74, 6) is 0.626. The molecule has 0 unspecified atom stereocenters. The van der Waals surface area contributed by atoms with Gasteiger partial charge in [-0.05, 0) is 29.7 Å². The number of para-hydroxylation sites is 1. The SMILES string of the molecule is COc1cccc2cc(C(=O)NCCc3ccc(CO)cc3)oc12. The molecule has 5 nitrogen and oxygen atoms in total. The van der Waals surface area contributed by atoms with Gasteiger partial charge in [0.1, 0.15) is 0 Å². The van der Waals surface area contributed by atoms with Crippen molar-refractivity contribution in [1.29, 1.82) is 0 Å². The molecule has 3 rings (SSSR count). The Morgan fingerprint density at radius 1 is 1.17 bits per heavy atom. The number of fused-ring (bicyclic) bond motifs is 1. The van der Waals surface area contributed by atoms with E-state index in [4.69, 9.17) is 14.3 Å². The van der Waals surface area contributed by atoms with Gasteiger partial charge in [-0.15, -0.1) is 0 Å². The van der Waals surface area contributed by atoms with Gasteiger partial charge in [0.15, 0.2) is 17.1 Å². The summed E-state index contributed by atoms with van der Waals surface area (Å²) in [6.07, 6.45) is 0.709. The number of furan rings is 1. The Hall–Kier alpha value is -2.79. The summed E-state index contributed by atoms with van der Waals surface area (Å²) in [4.78, 5) is 12.2. The quantitative estimate of drug-likeness (QED) is 0.731. The molecule has 0 saturated carbocycles. The highest BCUT2D eigenvalue weighted by Gasteiger charge is 2.14. The predicted octanol–water partition coefficient (Wildman–Crippen LogP) is 2.91. The fourth-order valence-corrected chi connectivity index (χ4v) is 2.53. The summed E-state index contributed by atoms with van der Waals surface area (Å²) in [6, 6.07) is 14.9. The van der Waals surface area contributed by atoms with Crippen molar-refractivity contribution >= 4 is 16.9 Å². The third kappa shape index (κ3) is 3.41. The van der Waals surface area contributed by atoms with Crippen LogP contribution in [0.5, 0.6) is 5.75 Å². The summed E-state index contributed by atoms with van der Waals surface area (Å²) < 4.78 is 10.9. The molecule has 0 atom stereocenters. The smallest absolute Gasteiger partial charge is 0.287 e. The lowest BCUT2D eigenvalue weighted by molar-refractivity contribution is 0.0928. The molecule has 0 aliphatic rings. The number of aliphatic hydroxyl groups excluding tert-OH is 1. The maximum Gasteiger partial charge on any atom is 0.287 e. The normalized spacial score (nSPS) is 10.8. The fraction of sp³-hybridized carbons (Fsp3) is 0.211. The summed E-state index contributed by atoms with van der Waals surface area (Å²) in [5.41, 5.74) is 2.54. The van der Waals surface area contributed by atoms with Crippen LogP contribution in [-0.4, -0.2) is 24.7 Å². The third-order valence-electron chi connectivity index (χ3n) is 3.86. The van der Waals surface area contributed by atoms with Gasteiger partial charge in [0.25, 0.3) is 5.91 Å². The van der Waals surface area contributed by atoms with E-state index in [1.165, 1.54) is 0 Å². The summed E-state index contributed by atoms with van der Waals surface area (Å²) in [5, 5.41) is 12.7. The second-order valence-corrected chi connectivity index (χ2v) is 5.47. The van der Waals surface area contributed by atoms with Gasteiger partial charge in [0.05, 0.1) is 13.7 Å². The van der Waals surface area contributed by atoms with Crippen molar-refractivity contribution < 1.29 is 19.1 Å². The largest absolute Gasteiger partial charge is 0.493 e. The predicted molar refractivity (Wildman–Crippen MR) is 91.2 cm³/mol. The zero-order chi connectivity index (χ0) is 16.9. The molecule has 1 amide bonds. The Labute approximate surface area is 139 Å². The summed E-state index contributed by atoms with van der Waals surface area (Å²) in [6.45, 7) is 0.540. The Kier molecular flexibility index (Phi) is 4.82. The van der Waals surface area contributed by atoms with Crippen LogP contribution in [0, 0.1) is 0 Å². The first-order chi connectivity index (χ1) is 11.7. The van der Waals surface area contributed by atoms with Crippen LogP contribution < -0.4 is 10.1 Å². The lowest BCUT2D eigenvalue weighted by atomic mass is 10.1. The van der Waals surface area contributed by atoms with Crippen LogP contribution in [0.3, 0.4) is 0 Å². The van der Waals surface area contributed by atoms with E-state index in [0.717, 1.165) is 16.5 Å². The first kappa shape index (κ1) is 16.1. The molecule has 2 aromatic carbocycles. The van der Waals surface area contributed by atoms with E-state index < -0.39 is 0 Å². The number of aliphatic hydroxyl groups is 1. The lowest BCUT2D eigenvalue weighted by Crippen LogP contribution is -2.25. The van der Waals surface area contributed by atoms with E-state index in [1.807, 2.05) is 36.4 Å². The molecule has 0 bridgehead atoms. The van der Waals surface area contributed by atoms with Gasteiger partial charge in [0.2, 0.25) is 0 Å². The van der Waals surface area contributed by atoms with Gasteiger partial charge in [-0.25, -0.2) is 0 Å². The number of ether oxygens (including phenoxy) is 1. The second-order valence-electron chi connectivity index (χ2n) is 5.47. The monoisotopic (exact) mass is 325 g/mol. The first-order valence-electron chi connectivity index (χ1n) is 7.74. The van der Waals surface area contributed by atoms with E-state index >= 15 is 0 Å². The molecule has 2 N–H and O–H groups in total. The molecule has 0 aliphatic heterocycles. The molecule has 124 valence electrons. The highest BCUT2D eigenvalue weighted by atomic mass is 16.5. The van der Waals surface area contributed by atoms with Crippen LogP contribution in [0.1, 0.15) is 21.7 Å². The van der Waals surface area contributed by atoms with Crippen LogP contribution in [0.15, 0.2) is 52.9 Å². The van der Waals surface area contributed by atoms with Gasteiger partial charge in [-0.2, -0.15) is 0 Å². The van der Waals surface area contributed by atoms with Crippen LogP contribution in [0.25, 0.3) is 11.0 Å². The number of amides is 1. The lowest BCUT2D eigenvalue weighted by Gasteiger charge is -2.04. The number of hydrogen-bond donors (Lipinski definition) is 2. The minimum absolute atomic E-state index is 0.0343. The number of benzene rings is 2. The van der Waals surface area contributed by atoms with E-state index in [-0.39, 0.29) is 18.3 Å². The zero-order valence-electron chi connectivity index (χ0n) is 13.4. The highest BCUT2D eigenvalue weighted by Crippen LogP contribution is 2.28. The topological polar surface area (TPSA) is 71.7 Å². The van der Waals surface area contributed by atoms with Crippen LogP contribution in [0.2, 0.25) is 0 Å². The van der Waals surface area contributed by atoms with Crippen molar-refractivity contribution in [2.45, 2.75) is 13.0 Å². The first-order valence-corrected chi connectivity index (χ1v) is 7.74. The highest BCUT2D eigenvalue weighted by molar-refractivity contribution is 5.97. The van der Waals surface area contributed by atoms with Gasteiger partial charge in [-0.1, -0.05) is 36.4 Å². The van der Waals surface area contributed by atoms with Crippen molar-refractivity contribution in [2.24, 2.45) is 0 Å². The van der Waals surface area contributed by atoms with E-state index in [1.54, 1.807) is 19.2 Å². The van der Waals surface area contributed by atoms with Gasteiger partial charge >= 0.3 is 0 Å². The molecule has 0 fully saturated rings. The number of methoxy groups -OCH3 is 1. The maximum atomic E-state index is 12.2. The molecule has 24 heavy (non-hydrogen) atoms. The minimum atomic E-state index is -0.250. The van der Waals surface area contributed by atoms with Crippen molar-refractivity contribution in [2.75, 3.05) is 13.7 Å². The van der Waals surface area contributed by atoms with Gasteiger partial charge < -0.3 is 19.6 Å². The molecule has 3 aromatic rings. The average Bonchev–Trinajstić information content (AvgIpc) is 3.06.